The van der Waals surface area contributed by atoms with E-state index in [2.05, 4.69) is 4.98 Å². The van der Waals surface area contributed by atoms with Crippen LogP contribution in [0.2, 0.25) is 0 Å². The van der Waals surface area contributed by atoms with Gasteiger partial charge in [-0.05, 0) is 18.2 Å². The molecule has 0 aliphatic heterocycles. The molecule has 0 fully saturated rings. The van der Waals surface area contributed by atoms with Gasteiger partial charge in [0.05, 0.1) is 11.0 Å². The van der Waals surface area contributed by atoms with Crippen molar-refractivity contribution >= 4 is 11.0 Å². The highest BCUT2D eigenvalue weighted by Crippen LogP contribution is 2.42. The minimum atomic E-state index is -5.75. The Morgan fingerprint density at radius 2 is 1.71 bits per heavy atom. The lowest BCUT2D eigenvalue weighted by Crippen LogP contribution is -2.34. The van der Waals surface area contributed by atoms with Crippen molar-refractivity contribution in [1.29, 1.82) is 0 Å². The van der Waals surface area contributed by atoms with E-state index in [1.807, 2.05) is 0 Å². The van der Waals surface area contributed by atoms with Crippen molar-refractivity contribution in [1.82, 2.24) is 9.97 Å². The van der Waals surface area contributed by atoms with Gasteiger partial charge in [0.2, 0.25) is 0 Å². The smallest absolute Gasteiger partial charge is 0.336 e. The number of H-pyrrole nitrogens is 1. The lowest BCUT2D eigenvalue weighted by atomic mass is 10.3. The summed E-state index contributed by atoms with van der Waals surface area (Å²) in [5.41, 5.74) is -0.380. The second kappa shape index (κ2) is 3.38. The monoisotopic (exact) mass is 254 g/mol. The maximum atomic E-state index is 12.9. The first-order valence-electron chi connectivity index (χ1n) is 4.32. The molecule has 0 amide bonds. The Morgan fingerprint density at radius 3 is 2.29 bits per heavy atom. The van der Waals surface area contributed by atoms with Gasteiger partial charge in [0.25, 0.3) is 0 Å². The van der Waals surface area contributed by atoms with Crippen LogP contribution >= 0.6 is 0 Å². The third kappa shape index (κ3) is 1.83. The van der Waals surface area contributed by atoms with Gasteiger partial charge in [-0.25, -0.2) is 9.37 Å². The molecule has 2 aromatic rings. The van der Waals surface area contributed by atoms with Crippen LogP contribution in [0.4, 0.5) is 26.3 Å². The quantitative estimate of drug-likeness (QED) is 0.776. The summed E-state index contributed by atoms with van der Waals surface area (Å²) in [6, 6.07) is 2.72. The Bertz CT molecular complexity index is 556. The first kappa shape index (κ1) is 11.7. The highest BCUT2D eigenvalue weighted by Gasteiger charge is 2.61. The number of fused-ring (bicyclic) bond motifs is 1. The van der Waals surface area contributed by atoms with Gasteiger partial charge in [-0.15, -0.1) is 0 Å². The largest absolute Gasteiger partial charge is 0.461 e. The van der Waals surface area contributed by atoms with Crippen molar-refractivity contribution in [2.24, 2.45) is 0 Å². The Morgan fingerprint density at radius 1 is 1.06 bits per heavy atom. The highest BCUT2D eigenvalue weighted by molar-refractivity contribution is 5.75. The van der Waals surface area contributed by atoms with Crippen molar-refractivity contribution in [2.75, 3.05) is 0 Å². The average Bonchev–Trinajstić information content (AvgIpc) is 2.58. The number of nitrogens with zero attached hydrogens (tertiary/aromatic N) is 1. The number of aromatic amines is 1. The van der Waals surface area contributed by atoms with E-state index >= 15 is 0 Å². The van der Waals surface area contributed by atoms with Crippen LogP contribution in [-0.4, -0.2) is 16.1 Å². The van der Waals surface area contributed by atoms with Crippen LogP contribution in [-0.2, 0) is 5.92 Å². The van der Waals surface area contributed by atoms with Gasteiger partial charge in [-0.1, -0.05) is 0 Å². The Kier molecular flexibility index (Phi) is 2.33. The van der Waals surface area contributed by atoms with Gasteiger partial charge in [-0.3, -0.25) is 0 Å². The SMILES string of the molecule is Fc1ccc2nc(C(F)(F)C(F)(F)F)[nH]c2c1. The molecule has 0 atom stereocenters. The molecule has 1 aromatic carbocycles. The number of halogens is 6. The van der Waals surface area contributed by atoms with E-state index in [-0.39, 0.29) is 11.0 Å². The summed E-state index contributed by atoms with van der Waals surface area (Å²) in [4.78, 5) is 4.86. The van der Waals surface area contributed by atoms with Gasteiger partial charge in [0, 0.05) is 0 Å². The van der Waals surface area contributed by atoms with Gasteiger partial charge >= 0.3 is 12.1 Å². The van der Waals surface area contributed by atoms with Crippen molar-refractivity contribution in [2.45, 2.75) is 12.1 Å². The van der Waals surface area contributed by atoms with Crippen LogP contribution < -0.4 is 0 Å². The van der Waals surface area contributed by atoms with Crippen molar-refractivity contribution in [3.05, 3.63) is 29.8 Å². The molecule has 0 aliphatic carbocycles. The normalized spacial score (nSPS) is 13.3. The lowest BCUT2D eigenvalue weighted by molar-refractivity contribution is -0.292. The number of hydrogen-bond donors (Lipinski definition) is 1. The van der Waals surface area contributed by atoms with Crippen LogP contribution in [0.1, 0.15) is 5.82 Å². The van der Waals surface area contributed by atoms with E-state index in [0.29, 0.717) is 0 Å². The van der Waals surface area contributed by atoms with Crippen LogP contribution in [0.5, 0.6) is 0 Å². The van der Waals surface area contributed by atoms with Crippen LogP contribution in [0.3, 0.4) is 0 Å². The van der Waals surface area contributed by atoms with Crippen LogP contribution in [0.25, 0.3) is 11.0 Å². The van der Waals surface area contributed by atoms with Crippen molar-refractivity contribution < 1.29 is 26.3 Å². The Hall–Kier alpha value is -1.73. The molecule has 1 heterocycles. The molecule has 2 nitrogen and oxygen atoms in total. The topological polar surface area (TPSA) is 28.7 Å². The summed E-state index contributed by atoms with van der Waals surface area (Å²) >= 11 is 0. The molecule has 2 rings (SSSR count). The van der Waals surface area contributed by atoms with E-state index in [4.69, 9.17) is 0 Å². The molecular weight excluding hydrogens is 250 g/mol. The summed E-state index contributed by atoms with van der Waals surface area (Å²) in [7, 11) is 0. The zero-order chi connectivity index (χ0) is 12.8. The van der Waals surface area contributed by atoms with Crippen LogP contribution in [0.15, 0.2) is 18.2 Å². The Balaban J connectivity index is 2.57. The number of benzene rings is 1. The molecule has 1 N–H and O–H groups in total. The van der Waals surface area contributed by atoms with E-state index in [1.165, 1.54) is 0 Å². The third-order valence-electron chi connectivity index (χ3n) is 2.10. The Labute approximate surface area is 90.3 Å². The minimum Gasteiger partial charge on any atom is -0.336 e. The first-order chi connectivity index (χ1) is 7.72. The number of aromatic nitrogens is 2. The number of rotatable bonds is 1. The number of nitrogens with one attached hydrogen (secondary N) is 1. The summed E-state index contributed by atoms with van der Waals surface area (Å²) in [6.45, 7) is 0. The summed E-state index contributed by atoms with van der Waals surface area (Å²) in [5, 5.41) is 0. The zero-order valence-corrected chi connectivity index (χ0v) is 7.95. The number of alkyl halides is 5. The molecule has 0 bridgehead atoms. The predicted molar refractivity (Wildman–Crippen MR) is 46.0 cm³/mol. The van der Waals surface area contributed by atoms with Crippen molar-refractivity contribution in [3.63, 3.8) is 0 Å². The summed E-state index contributed by atoms with van der Waals surface area (Å²) < 4.78 is 74.6. The fourth-order valence-corrected chi connectivity index (χ4v) is 1.26. The minimum absolute atomic E-state index is 0.162. The molecule has 0 saturated carbocycles. The zero-order valence-electron chi connectivity index (χ0n) is 7.95. The summed E-state index contributed by atoms with van der Waals surface area (Å²) in [6.07, 6.45) is -5.75. The van der Waals surface area contributed by atoms with Gasteiger partial charge < -0.3 is 4.98 Å². The fourth-order valence-electron chi connectivity index (χ4n) is 1.26. The number of hydrogen-bond acceptors (Lipinski definition) is 1. The fraction of sp³-hybridized carbons (Fsp3) is 0.222. The molecule has 17 heavy (non-hydrogen) atoms. The van der Waals surface area contributed by atoms with E-state index in [0.717, 1.165) is 18.2 Å². The second-order valence-electron chi connectivity index (χ2n) is 3.32. The third-order valence-corrected chi connectivity index (χ3v) is 2.10. The standard InChI is InChI=1S/C9H4F6N2/c10-4-1-2-5-6(3-4)17-7(16-5)8(11,12)9(13,14)15/h1-3H,(H,16,17). The molecule has 0 radical (unpaired) electrons. The van der Waals surface area contributed by atoms with E-state index in [9.17, 15) is 26.3 Å². The molecular formula is C9H4F6N2. The van der Waals surface area contributed by atoms with Gasteiger partial charge in [-0.2, -0.15) is 22.0 Å². The lowest BCUT2D eigenvalue weighted by Gasteiger charge is -2.16. The van der Waals surface area contributed by atoms with E-state index in [1.54, 1.807) is 4.98 Å². The van der Waals surface area contributed by atoms with E-state index < -0.39 is 23.7 Å². The molecule has 0 saturated heterocycles. The van der Waals surface area contributed by atoms with Crippen molar-refractivity contribution in [3.8, 4) is 0 Å². The predicted octanol–water partition coefficient (Wildman–Crippen LogP) is 3.36. The average molecular weight is 254 g/mol. The molecule has 92 valence electrons. The first-order valence-corrected chi connectivity index (χ1v) is 4.32. The highest BCUT2D eigenvalue weighted by atomic mass is 19.4. The second-order valence-corrected chi connectivity index (χ2v) is 3.32. The van der Waals surface area contributed by atoms with Gasteiger partial charge in [0.1, 0.15) is 5.82 Å². The molecule has 8 heteroatoms. The molecule has 0 unspecified atom stereocenters. The molecule has 1 aromatic heterocycles. The van der Waals surface area contributed by atoms with Gasteiger partial charge in [0.15, 0.2) is 5.82 Å². The molecule has 0 spiro atoms. The summed E-state index contributed by atoms with van der Waals surface area (Å²) in [5.74, 6) is -7.41. The maximum absolute atomic E-state index is 12.9. The van der Waals surface area contributed by atoms with Crippen LogP contribution in [0, 0.1) is 5.82 Å². The number of imidazole rings is 1. The molecule has 0 aliphatic rings. The maximum Gasteiger partial charge on any atom is 0.461 e.